The fourth-order valence-electron chi connectivity index (χ4n) is 2.48. The van der Waals surface area contributed by atoms with E-state index in [1.165, 1.54) is 0 Å². The van der Waals surface area contributed by atoms with Crippen molar-refractivity contribution in [1.82, 2.24) is 14.9 Å². The van der Waals surface area contributed by atoms with Gasteiger partial charge in [0.1, 0.15) is 0 Å². The predicted molar refractivity (Wildman–Crippen MR) is 106 cm³/mol. The second kappa shape index (κ2) is 11.0. The van der Waals surface area contributed by atoms with Crippen LogP contribution in [0.15, 0.2) is 4.99 Å². The smallest absolute Gasteiger partial charge is 0.215 e. The maximum absolute atomic E-state index is 12.2. The van der Waals surface area contributed by atoms with Crippen molar-refractivity contribution in [2.75, 3.05) is 57.2 Å². The molecule has 0 aliphatic carbocycles. The summed E-state index contributed by atoms with van der Waals surface area (Å²) in [6, 6.07) is 0.343. The fraction of sp³-hybridized carbons (Fsp3) is 0.923. The average Bonchev–Trinajstić information content (AvgIpc) is 2.55. The normalized spacial score (nSPS) is 21.5. The summed E-state index contributed by atoms with van der Waals surface area (Å²) < 4.78 is 31.4. The largest absolute Gasteiger partial charge is 0.381 e. The number of guanidine groups is 1. The Balaban J connectivity index is 0.00000264. The Hall–Kier alpha value is 0.220. The maximum atomic E-state index is 12.2. The summed E-state index contributed by atoms with van der Waals surface area (Å²) in [6.45, 7) is 3.14. The van der Waals surface area contributed by atoms with E-state index in [2.05, 4.69) is 15.6 Å². The van der Waals surface area contributed by atoms with E-state index in [0.29, 0.717) is 31.6 Å². The Labute approximate surface area is 160 Å². The molecule has 2 N–H and O–H groups in total. The SMILES string of the molecule is CN=C(NCCS(=O)(=O)N1CCSCC1)NC1CCOCC1.I. The number of aliphatic imine (C=N–C) groups is 1. The van der Waals surface area contributed by atoms with Gasteiger partial charge in [0.05, 0.1) is 5.75 Å². The lowest BCUT2D eigenvalue weighted by Gasteiger charge is -2.27. The molecule has 2 aliphatic heterocycles. The van der Waals surface area contributed by atoms with E-state index in [1.54, 1.807) is 23.1 Å². The van der Waals surface area contributed by atoms with Crippen molar-refractivity contribution >= 4 is 51.7 Å². The summed E-state index contributed by atoms with van der Waals surface area (Å²) in [5, 5.41) is 6.42. The molecule has 7 nitrogen and oxygen atoms in total. The van der Waals surface area contributed by atoms with Crippen molar-refractivity contribution in [3.8, 4) is 0 Å². The van der Waals surface area contributed by atoms with Crippen LogP contribution < -0.4 is 10.6 Å². The Morgan fingerprint density at radius 2 is 1.96 bits per heavy atom. The van der Waals surface area contributed by atoms with E-state index in [1.807, 2.05) is 0 Å². The number of thioether (sulfide) groups is 1. The number of hydrogen-bond donors (Lipinski definition) is 2. The molecule has 23 heavy (non-hydrogen) atoms. The standard InChI is InChI=1S/C13H26N4O3S2.HI/c1-14-13(16-12-2-7-20-8-3-12)15-4-11-22(18,19)17-5-9-21-10-6-17;/h12H,2-11H2,1H3,(H2,14,15,16);1H. The molecule has 136 valence electrons. The van der Waals surface area contributed by atoms with E-state index in [9.17, 15) is 8.42 Å². The van der Waals surface area contributed by atoms with Gasteiger partial charge >= 0.3 is 0 Å². The van der Waals surface area contributed by atoms with E-state index in [4.69, 9.17) is 4.74 Å². The van der Waals surface area contributed by atoms with Crippen molar-refractivity contribution in [1.29, 1.82) is 0 Å². The minimum Gasteiger partial charge on any atom is -0.381 e. The van der Waals surface area contributed by atoms with Gasteiger partial charge in [0, 0.05) is 57.4 Å². The number of hydrogen-bond acceptors (Lipinski definition) is 5. The lowest BCUT2D eigenvalue weighted by Crippen LogP contribution is -2.47. The second-order valence-corrected chi connectivity index (χ2v) is 8.67. The molecule has 0 spiro atoms. The molecule has 0 bridgehead atoms. The number of halogens is 1. The van der Waals surface area contributed by atoms with Crippen LogP contribution in [0.3, 0.4) is 0 Å². The van der Waals surface area contributed by atoms with Gasteiger partial charge in [0.15, 0.2) is 5.96 Å². The summed E-state index contributed by atoms with van der Waals surface area (Å²) >= 11 is 1.81. The first kappa shape index (κ1) is 21.3. The Morgan fingerprint density at radius 3 is 2.57 bits per heavy atom. The molecule has 2 heterocycles. The van der Waals surface area contributed by atoms with Crippen LogP contribution in [0.5, 0.6) is 0 Å². The van der Waals surface area contributed by atoms with Crippen LogP contribution in [0.25, 0.3) is 0 Å². The molecule has 0 saturated carbocycles. The highest BCUT2D eigenvalue weighted by Gasteiger charge is 2.23. The molecule has 0 aromatic heterocycles. The van der Waals surface area contributed by atoms with Gasteiger partial charge in [-0.2, -0.15) is 11.8 Å². The lowest BCUT2D eigenvalue weighted by atomic mass is 10.1. The van der Waals surface area contributed by atoms with Crippen molar-refractivity contribution in [3.05, 3.63) is 0 Å². The molecule has 2 saturated heterocycles. The Kier molecular flexibility index (Phi) is 10.1. The average molecular weight is 478 g/mol. The monoisotopic (exact) mass is 478 g/mol. The summed E-state index contributed by atoms with van der Waals surface area (Å²) in [5.74, 6) is 2.54. The quantitative estimate of drug-likeness (QED) is 0.337. The van der Waals surface area contributed by atoms with Gasteiger partial charge in [-0.05, 0) is 12.8 Å². The summed E-state index contributed by atoms with van der Waals surface area (Å²) in [5.41, 5.74) is 0. The zero-order chi connectivity index (χ0) is 15.8. The molecule has 2 fully saturated rings. The van der Waals surface area contributed by atoms with Crippen LogP contribution in [0, 0.1) is 0 Å². The molecule has 2 rings (SSSR count). The predicted octanol–water partition coefficient (Wildman–Crippen LogP) is 0.327. The van der Waals surface area contributed by atoms with Crippen LogP contribution >= 0.6 is 35.7 Å². The van der Waals surface area contributed by atoms with Gasteiger partial charge < -0.3 is 15.4 Å². The summed E-state index contributed by atoms with van der Waals surface area (Å²) in [6.07, 6.45) is 1.90. The Bertz CT molecular complexity index is 464. The van der Waals surface area contributed by atoms with E-state index in [-0.39, 0.29) is 29.7 Å². The zero-order valence-electron chi connectivity index (χ0n) is 13.5. The summed E-state index contributed by atoms with van der Waals surface area (Å²) in [7, 11) is -1.47. The molecule has 0 atom stereocenters. The summed E-state index contributed by atoms with van der Waals surface area (Å²) in [4.78, 5) is 4.16. The molecule has 0 radical (unpaired) electrons. The molecule has 0 amide bonds. The lowest BCUT2D eigenvalue weighted by molar-refractivity contribution is 0.0822. The Morgan fingerprint density at radius 1 is 1.30 bits per heavy atom. The molecular weight excluding hydrogens is 451 g/mol. The fourth-order valence-corrected chi connectivity index (χ4v) is 4.97. The third-order valence-corrected chi connectivity index (χ3v) is 6.62. The zero-order valence-corrected chi connectivity index (χ0v) is 17.5. The third kappa shape index (κ3) is 7.32. The van der Waals surface area contributed by atoms with Gasteiger partial charge in [0.2, 0.25) is 10.0 Å². The van der Waals surface area contributed by atoms with Gasteiger partial charge in [-0.25, -0.2) is 12.7 Å². The van der Waals surface area contributed by atoms with Crippen LogP contribution in [0.1, 0.15) is 12.8 Å². The van der Waals surface area contributed by atoms with E-state index < -0.39 is 10.0 Å². The van der Waals surface area contributed by atoms with Gasteiger partial charge in [-0.15, -0.1) is 24.0 Å². The first-order valence-corrected chi connectivity index (χ1v) is 10.5. The second-order valence-electron chi connectivity index (χ2n) is 5.36. The van der Waals surface area contributed by atoms with Crippen molar-refractivity contribution in [2.45, 2.75) is 18.9 Å². The van der Waals surface area contributed by atoms with Gasteiger partial charge in [-0.1, -0.05) is 0 Å². The van der Waals surface area contributed by atoms with Crippen LogP contribution in [-0.4, -0.2) is 81.9 Å². The molecule has 0 unspecified atom stereocenters. The maximum Gasteiger partial charge on any atom is 0.215 e. The molecular formula is C13H27IN4O3S2. The minimum absolute atomic E-state index is 0. The van der Waals surface area contributed by atoms with Crippen LogP contribution in [-0.2, 0) is 14.8 Å². The van der Waals surface area contributed by atoms with Crippen molar-refractivity contribution in [3.63, 3.8) is 0 Å². The first-order chi connectivity index (χ1) is 10.6. The highest BCUT2D eigenvalue weighted by atomic mass is 127. The molecule has 0 aromatic rings. The van der Waals surface area contributed by atoms with E-state index >= 15 is 0 Å². The highest BCUT2D eigenvalue weighted by Crippen LogP contribution is 2.13. The first-order valence-electron chi connectivity index (χ1n) is 7.72. The van der Waals surface area contributed by atoms with Gasteiger partial charge in [-0.3, -0.25) is 4.99 Å². The topological polar surface area (TPSA) is 83.0 Å². The number of rotatable bonds is 5. The van der Waals surface area contributed by atoms with Gasteiger partial charge in [0.25, 0.3) is 0 Å². The minimum atomic E-state index is -3.17. The number of ether oxygens (including phenoxy) is 1. The van der Waals surface area contributed by atoms with Crippen molar-refractivity contribution < 1.29 is 13.2 Å². The molecule has 10 heteroatoms. The van der Waals surface area contributed by atoms with Crippen LogP contribution in [0.4, 0.5) is 0 Å². The van der Waals surface area contributed by atoms with E-state index in [0.717, 1.165) is 37.6 Å². The number of sulfonamides is 1. The highest BCUT2D eigenvalue weighted by molar-refractivity contribution is 14.0. The van der Waals surface area contributed by atoms with Crippen LogP contribution in [0.2, 0.25) is 0 Å². The molecule has 2 aliphatic rings. The third-order valence-electron chi connectivity index (χ3n) is 3.80. The molecule has 0 aromatic carbocycles. The van der Waals surface area contributed by atoms with Crippen molar-refractivity contribution in [2.24, 2.45) is 4.99 Å². The number of nitrogens with one attached hydrogen (secondary N) is 2. The number of nitrogens with zero attached hydrogens (tertiary/aromatic N) is 2.